The molecule has 0 atom stereocenters. The van der Waals surface area contributed by atoms with Crippen molar-refractivity contribution in [2.24, 2.45) is 10.2 Å². The highest BCUT2D eigenvalue weighted by molar-refractivity contribution is 5.40. The van der Waals surface area contributed by atoms with Gasteiger partial charge in [-0.3, -0.25) is 0 Å². The van der Waals surface area contributed by atoms with E-state index in [1.807, 2.05) is 48.5 Å². The first-order chi connectivity index (χ1) is 9.38. The number of hydrogen-bond acceptors (Lipinski definition) is 3. The minimum Gasteiger partial charge on any atom is -0.309 e. The Bertz CT molecular complexity index is 530. The molecule has 2 aromatic rings. The molecule has 0 fully saturated rings. The summed E-state index contributed by atoms with van der Waals surface area (Å²) in [6.07, 6.45) is 1.85. The Hall–Kier alpha value is -2.26. The van der Waals surface area contributed by atoms with Crippen LogP contribution in [0.15, 0.2) is 77.5 Å². The lowest BCUT2D eigenvalue weighted by atomic mass is 10.2. The molecule has 0 saturated carbocycles. The molecule has 19 heavy (non-hydrogen) atoms. The molecular formula is C16H17N3. The Labute approximate surface area is 113 Å². The Balaban J connectivity index is 1.95. The third kappa shape index (κ3) is 4.48. The van der Waals surface area contributed by atoms with Crippen LogP contribution in [-0.4, -0.2) is 6.54 Å². The predicted molar refractivity (Wildman–Crippen MR) is 79.0 cm³/mol. The van der Waals surface area contributed by atoms with Crippen LogP contribution < -0.4 is 5.32 Å². The maximum Gasteiger partial charge on any atom is 0.0857 e. The standard InChI is InChI=1S/C16H17N3/c1-2-12-17-13-14-8-10-16(11-9-14)19-18-15-6-4-3-5-7-15/h2-11,17H,1,12-13H2. The van der Waals surface area contributed by atoms with Gasteiger partial charge < -0.3 is 5.32 Å². The maximum absolute atomic E-state index is 4.20. The van der Waals surface area contributed by atoms with Gasteiger partial charge in [0, 0.05) is 13.1 Å². The fourth-order valence-electron chi connectivity index (χ4n) is 1.61. The average Bonchev–Trinajstić information content (AvgIpc) is 2.48. The van der Waals surface area contributed by atoms with Crippen LogP contribution in [0.4, 0.5) is 11.4 Å². The van der Waals surface area contributed by atoms with Gasteiger partial charge in [-0.05, 0) is 29.8 Å². The maximum atomic E-state index is 4.20. The van der Waals surface area contributed by atoms with E-state index in [2.05, 4.69) is 34.3 Å². The summed E-state index contributed by atoms with van der Waals surface area (Å²) in [7, 11) is 0. The molecule has 2 rings (SSSR count). The predicted octanol–water partition coefficient (Wildman–Crippen LogP) is 4.38. The van der Waals surface area contributed by atoms with E-state index in [9.17, 15) is 0 Å². The molecule has 3 heteroatoms. The summed E-state index contributed by atoms with van der Waals surface area (Å²) < 4.78 is 0. The summed E-state index contributed by atoms with van der Waals surface area (Å²) in [5, 5.41) is 11.6. The zero-order valence-corrected chi connectivity index (χ0v) is 10.8. The van der Waals surface area contributed by atoms with E-state index in [0.717, 1.165) is 24.5 Å². The molecule has 2 aromatic carbocycles. The van der Waals surface area contributed by atoms with Gasteiger partial charge in [-0.15, -0.1) is 6.58 Å². The number of rotatable bonds is 6. The summed E-state index contributed by atoms with van der Waals surface area (Å²) in [5.74, 6) is 0. The molecule has 0 aliphatic carbocycles. The molecule has 0 radical (unpaired) electrons. The van der Waals surface area contributed by atoms with Crippen LogP contribution in [0.3, 0.4) is 0 Å². The highest BCUT2D eigenvalue weighted by atomic mass is 15.1. The van der Waals surface area contributed by atoms with Crippen molar-refractivity contribution >= 4 is 11.4 Å². The van der Waals surface area contributed by atoms with Crippen molar-refractivity contribution in [1.29, 1.82) is 0 Å². The molecule has 0 heterocycles. The highest BCUT2D eigenvalue weighted by Crippen LogP contribution is 2.18. The van der Waals surface area contributed by atoms with Gasteiger partial charge in [-0.25, -0.2) is 0 Å². The van der Waals surface area contributed by atoms with Crippen LogP contribution in [0, 0.1) is 0 Å². The molecule has 0 aromatic heterocycles. The highest BCUT2D eigenvalue weighted by Gasteiger charge is 1.93. The van der Waals surface area contributed by atoms with Gasteiger partial charge in [0.1, 0.15) is 0 Å². The molecule has 3 nitrogen and oxygen atoms in total. The first-order valence-corrected chi connectivity index (χ1v) is 6.26. The van der Waals surface area contributed by atoms with Crippen LogP contribution in [0.2, 0.25) is 0 Å². The first-order valence-electron chi connectivity index (χ1n) is 6.26. The Morgan fingerprint density at radius 3 is 2.16 bits per heavy atom. The number of azo groups is 1. The third-order valence-corrected chi connectivity index (χ3v) is 2.59. The van der Waals surface area contributed by atoms with Gasteiger partial charge in [0.25, 0.3) is 0 Å². The summed E-state index contributed by atoms with van der Waals surface area (Å²) in [6, 6.07) is 17.8. The van der Waals surface area contributed by atoms with E-state index in [1.54, 1.807) is 0 Å². The second-order valence-corrected chi connectivity index (χ2v) is 4.12. The topological polar surface area (TPSA) is 36.8 Å². The van der Waals surface area contributed by atoms with E-state index in [1.165, 1.54) is 5.56 Å². The quantitative estimate of drug-likeness (QED) is 0.462. The summed E-state index contributed by atoms with van der Waals surface area (Å²) in [4.78, 5) is 0. The van der Waals surface area contributed by atoms with Crippen molar-refractivity contribution in [3.63, 3.8) is 0 Å². The Morgan fingerprint density at radius 1 is 0.895 bits per heavy atom. The number of nitrogens with zero attached hydrogens (tertiary/aromatic N) is 2. The van der Waals surface area contributed by atoms with Crippen LogP contribution in [0.1, 0.15) is 5.56 Å². The fraction of sp³-hybridized carbons (Fsp3) is 0.125. The summed E-state index contributed by atoms with van der Waals surface area (Å²) >= 11 is 0. The Kier molecular flexibility index (Phi) is 5.02. The smallest absolute Gasteiger partial charge is 0.0857 e. The van der Waals surface area contributed by atoms with Crippen LogP contribution in [0.5, 0.6) is 0 Å². The van der Waals surface area contributed by atoms with Crippen molar-refractivity contribution in [2.75, 3.05) is 6.54 Å². The molecule has 0 saturated heterocycles. The van der Waals surface area contributed by atoms with Crippen LogP contribution >= 0.6 is 0 Å². The first kappa shape index (κ1) is 13.2. The average molecular weight is 251 g/mol. The normalized spacial score (nSPS) is 10.7. The monoisotopic (exact) mass is 251 g/mol. The van der Waals surface area contributed by atoms with Crippen molar-refractivity contribution in [2.45, 2.75) is 6.54 Å². The molecule has 0 aliphatic heterocycles. The minimum atomic E-state index is 0.815. The zero-order valence-electron chi connectivity index (χ0n) is 10.8. The fourth-order valence-corrected chi connectivity index (χ4v) is 1.61. The molecule has 96 valence electrons. The van der Waals surface area contributed by atoms with Crippen molar-refractivity contribution in [3.05, 3.63) is 72.8 Å². The lowest BCUT2D eigenvalue weighted by Gasteiger charge is -2.01. The van der Waals surface area contributed by atoms with Crippen LogP contribution in [-0.2, 0) is 6.54 Å². The van der Waals surface area contributed by atoms with E-state index >= 15 is 0 Å². The van der Waals surface area contributed by atoms with Crippen LogP contribution in [0.25, 0.3) is 0 Å². The van der Waals surface area contributed by atoms with E-state index in [-0.39, 0.29) is 0 Å². The SMILES string of the molecule is C=CCNCc1ccc(N=Nc2ccccc2)cc1. The zero-order chi connectivity index (χ0) is 13.3. The molecule has 0 aliphatic rings. The van der Waals surface area contributed by atoms with Gasteiger partial charge in [-0.1, -0.05) is 36.4 Å². The molecule has 0 spiro atoms. The minimum absolute atomic E-state index is 0.815. The van der Waals surface area contributed by atoms with E-state index in [0.29, 0.717) is 0 Å². The van der Waals surface area contributed by atoms with Crippen molar-refractivity contribution in [3.8, 4) is 0 Å². The van der Waals surface area contributed by atoms with Crippen molar-refractivity contribution in [1.82, 2.24) is 5.32 Å². The number of benzene rings is 2. The summed E-state index contributed by atoms with van der Waals surface area (Å²) in [5.41, 5.74) is 2.94. The molecule has 0 unspecified atom stereocenters. The van der Waals surface area contributed by atoms with Gasteiger partial charge in [0.15, 0.2) is 0 Å². The number of hydrogen-bond donors (Lipinski definition) is 1. The van der Waals surface area contributed by atoms with Gasteiger partial charge in [0.2, 0.25) is 0 Å². The summed E-state index contributed by atoms with van der Waals surface area (Å²) in [6.45, 7) is 5.32. The second-order valence-electron chi connectivity index (χ2n) is 4.12. The lowest BCUT2D eigenvalue weighted by molar-refractivity contribution is 0.760. The van der Waals surface area contributed by atoms with Gasteiger partial charge >= 0.3 is 0 Å². The Morgan fingerprint density at radius 2 is 1.53 bits per heavy atom. The molecular weight excluding hydrogens is 234 g/mol. The van der Waals surface area contributed by atoms with E-state index in [4.69, 9.17) is 0 Å². The van der Waals surface area contributed by atoms with Gasteiger partial charge in [-0.2, -0.15) is 10.2 Å². The third-order valence-electron chi connectivity index (χ3n) is 2.59. The van der Waals surface area contributed by atoms with E-state index < -0.39 is 0 Å². The van der Waals surface area contributed by atoms with Gasteiger partial charge in [0.05, 0.1) is 11.4 Å². The molecule has 0 bridgehead atoms. The van der Waals surface area contributed by atoms with Crippen molar-refractivity contribution < 1.29 is 0 Å². The molecule has 0 amide bonds. The largest absolute Gasteiger partial charge is 0.309 e. The lowest BCUT2D eigenvalue weighted by Crippen LogP contribution is -2.12. The second kappa shape index (κ2) is 7.24. The number of nitrogens with one attached hydrogen (secondary N) is 1. The molecule has 1 N–H and O–H groups in total.